The van der Waals surface area contributed by atoms with Crippen LogP contribution in [0.2, 0.25) is 5.02 Å². The lowest BCUT2D eigenvalue weighted by atomic mass is 10.2. The predicted molar refractivity (Wildman–Crippen MR) is 82.1 cm³/mol. The van der Waals surface area contributed by atoms with Crippen LogP contribution in [-0.2, 0) is 0 Å². The van der Waals surface area contributed by atoms with Gasteiger partial charge >= 0.3 is 5.69 Å². The van der Waals surface area contributed by atoms with E-state index < -0.39 is 17.2 Å². The number of aryl methyl sites for hydroxylation is 1. The number of aromatic amines is 1. The molecule has 0 aliphatic rings. The van der Waals surface area contributed by atoms with E-state index in [1.807, 2.05) is 0 Å². The molecule has 2 heterocycles. The van der Waals surface area contributed by atoms with E-state index in [1.165, 1.54) is 19.1 Å². The lowest BCUT2D eigenvalue weighted by Gasteiger charge is -2.05. The van der Waals surface area contributed by atoms with Crippen molar-refractivity contribution in [2.45, 2.75) is 6.92 Å². The molecule has 0 aliphatic heterocycles. The normalized spacial score (nSPS) is 11.0. The van der Waals surface area contributed by atoms with Gasteiger partial charge in [0.15, 0.2) is 0 Å². The number of nitrogens with one attached hydrogen (secondary N) is 1. The third-order valence-corrected chi connectivity index (χ3v) is 4.70. The van der Waals surface area contributed by atoms with Gasteiger partial charge in [0.1, 0.15) is 4.83 Å². The van der Waals surface area contributed by atoms with Crippen molar-refractivity contribution in [3.8, 4) is 5.69 Å². The largest absolute Gasteiger partial charge is 0.544 e. The van der Waals surface area contributed by atoms with Crippen LogP contribution in [0.4, 0.5) is 0 Å². The summed E-state index contributed by atoms with van der Waals surface area (Å²) in [4.78, 5) is 38.5. The maximum absolute atomic E-state index is 12.6. The van der Waals surface area contributed by atoms with E-state index in [9.17, 15) is 19.5 Å². The van der Waals surface area contributed by atoms with Crippen LogP contribution in [0.25, 0.3) is 15.9 Å². The fraction of sp³-hybridized carbons (Fsp3) is 0.0714. The molecule has 1 aromatic carbocycles. The highest BCUT2D eigenvalue weighted by molar-refractivity contribution is 7.20. The average Bonchev–Trinajstić information content (AvgIpc) is 2.78. The summed E-state index contributed by atoms with van der Waals surface area (Å²) in [5, 5.41) is 11.7. The second kappa shape index (κ2) is 5.11. The zero-order chi connectivity index (χ0) is 16.0. The van der Waals surface area contributed by atoms with E-state index in [2.05, 4.69) is 4.98 Å². The molecule has 6 nitrogen and oxygen atoms in total. The SMILES string of the molecule is Cc1c(C(=O)[O-])sc2[nH]c(=O)n(-c3ccc(Cl)cc3)c(=O)c12. The molecular formula is C14H8ClN2O4S-. The second-order valence-electron chi connectivity index (χ2n) is 4.59. The summed E-state index contributed by atoms with van der Waals surface area (Å²) in [7, 11) is 0. The molecule has 0 unspecified atom stereocenters. The van der Waals surface area contributed by atoms with Crippen LogP contribution in [0.3, 0.4) is 0 Å². The number of H-pyrrole nitrogens is 1. The maximum Gasteiger partial charge on any atom is 0.334 e. The molecule has 8 heteroatoms. The van der Waals surface area contributed by atoms with Crippen molar-refractivity contribution >= 4 is 39.1 Å². The molecule has 3 rings (SSSR count). The topological polar surface area (TPSA) is 95.0 Å². The third-order valence-electron chi connectivity index (χ3n) is 3.26. The molecule has 0 saturated heterocycles. The highest BCUT2D eigenvalue weighted by Crippen LogP contribution is 2.25. The molecule has 0 fully saturated rings. The molecule has 0 atom stereocenters. The number of carboxylic acid groups (broad SMARTS) is 1. The molecule has 0 aliphatic carbocycles. The Hall–Kier alpha value is -2.38. The Balaban J connectivity index is 2.40. The highest BCUT2D eigenvalue weighted by atomic mass is 35.5. The first kappa shape index (κ1) is 14.6. The van der Waals surface area contributed by atoms with Crippen molar-refractivity contribution in [3.63, 3.8) is 0 Å². The minimum Gasteiger partial charge on any atom is -0.544 e. The van der Waals surface area contributed by atoms with Crippen LogP contribution in [0.5, 0.6) is 0 Å². The molecule has 2 aromatic heterocycles. The lowest BCUT2D eigenvalue weighted by Crippen LogP contribution is -2.33. The van der Waals surface area contributed by atoms with Crippen LogP contribution in [0, 0.1) is 6.92 Å². The number of nitrogens with zero attached hydrogens (tertiary/aromatic N) is 1. The van der Waals surface area contributed by atoms with Gasteiger partial charge in [-0.25, -0.2) is 9.36 Å². The number of thiophene rings is 1. The highest BCUT2D eigenvalue weighted by Gasteiger charge is 2.17. The van der Waals surface area contributed by atoms with E-state index in [-0.39, 0.29) is 20.7 Å². The Kier molecular flexibility index (Phi) is 3.38. The van der Waals surface area contributed by atoms with Gasteiger partial charge in [0.2, 0.25) is 0 Å². The van der Waals surface area contributed by atoms with Crippen molar-refractivity contribution in [3.05, 3.63) is 60.6 Å². The molecule has 0 saturated carbocycles. The Labute approximate surface area is 132 Å². The van der Waals surface area contributed by atoms with Crippen molar-refractivity contribution in [2.75, 3.05) is 0 Å². The van der Waals surface area contributed by atoms with Crippen LogP contribution in [0.1, 0.15) is 15.2 Å². The molecule has 1 N–H and O–H groups in total. The first-order valence-electron chi connectivity index (χ1n) is 6.16. The van der Waals surface area contributed by atoms with Gasteiger partial charge in [0.05, 0.1) is 21.9 Å². The summed E-state index contributed by atoms with van der Waals surface area (Å²) in [6.45, 7) is 1.51. The standard InChI is InChI=1S/C14H9ClN2O4S/c1-6-9-11(22-10(6)13(19)20)16-14(21)17(12(9)18)8-4-2-7(15)3-5-8/h2-5H,1H3,(H,16,21)(H,19,20)/p-1. The van der Waals surface area contributed by atoms with E-state index in [0.29, 0.717) is 10.7 Å². The Morgan fingerprint density at radius 3 is 2.50 bits per heavy atom. The molecule has 22 heavy (non-hydrogen) atoms. The van der Waals surface area contributed by atoms with Gasteiger partial charge in [-0.05, 0) is 36.8 Å². The van der Waals surface area contributed by atoms with Gasteiger partial charge in [-0.15, -0.1) is 11.3 Å². The quantitative estimate of drug-likeness (QED) is 0.757. The number of carboxylic acids is 1. The number of rotatable bonds is 2. The van der Waals surface area contributed by atoms with Crippen LogP contribution >= 0.6 is 22.9 Å². The maximum atomic E-state index is 12.6. The number of carbonyl (C=O) groups excluding carboxylic acids is 1. The van der Waals surface area contributed by atoms with Crippen LogP contribution < -0.4 is 16.4 Å². The number of fused-ring (bicyclic) bond motifs is 1. The minimum absolute atomic E-state index is 0.0726. The van der Waals surface area contributed by atoms with E-state index in [0.717, 1.165) is 15.9 Å². The number of aromatic nitrogens is 2. The molecule has 112 valence electrons. The third kappa shape index (κ3) is 2.15. The Morgan fingerprint density at radius 1 is 1.27 bits per heavy atom. The Bertz CT molecular complexity index is 1010. The number of carbonyl (C=O) groups is 1. The van der Waals surface area contributed by atoms with Crippen molar-refractivity contribution in [2.24, 2.45) is 0 Å². The van der Waals surface area contributed by atoms with Gasteiger partial charge in [-0.2, -0.15) is 0 Å². The monoisotopic (exact) mass is 335 g/mol. The van der Waals surface area contributed by atoms with E-state index >= 15 is 0 Å². The smallest absolute Gasteiger partial charge is 0.334 e. The zero-order valence-electron chi connectivity index (χ0n) is 11.2. The second-order valence-corrected chi connectivity index (χ2v) is 6.05. The first-order valence-corrected chi connectivity index (χ1v) is 7.35. The number of hydrogen-bond donors (Lipinski definition) is 1. The van der Waals surface area contributed by atoms with E-state index in [4.69, 9.17) is 11.6 Å². The number of benzene rings is 1. The summed E-state index contributed by atoms with van der Waals surface area (Å²) < 4.78 is 0.942. The van der Waals surface area contributed by atoms with Crippen molar-refractivity contribution < 1.29 is 9.90 Å². The number of hydrogen-bond acceptors (Lipinski definition) is 5. The first-order chi connectivity index (χ1) is 10.4. The lowest BCUT2D eigenvalue weighted by molar-refractivity contribution is -0.254. The van der Waals surface area contributed by atoms with Gasteiger partial charge in [0.25, 0.3) is 5.56 Å². The predicted octanol–water partition coefficient (Wildman–Crippen LogP) is 1.07. The fourth-order valence-corrected chi connectivity index (χ4v) is 3.38. The van der Waals surface area contributed by atoms with Crippen molar-refractivity contribution in [1.82, 2.24) is 9.55 Å². The summed E-state index contributed by atoms with van der Waals surface area (Å²) in [6, 6.07) is 6.18. The number of halogens is 1. The van der Waals surface area contributed by atoms with Gasteiger partial charge in [-0.1, -0.05) is 11.6 Å². The van der Waals surface area contributed by atoms with Gasteiger partial charge < -0.3 is 9.90 Å². The number of aromatic carboxylic acids is 1. The molecule has 0 amide bonds. The van der Waals surface area contributed by atoms with Crippen LogP contribution in [0.15, 0.2) is 33.9 Å². The summed E-state index contributed by atoms with van der Waals surface area (Å²) in [5.41, 5.74) is -0.601. The molecule has 0 radical (unpaired) electrons. The summed E-state index contributed by atoms with van der Waals surface area (Å²) >= 11 is 6.61. The zero-order valence-corrected chi connectivity index (χ0v) is 12.7. The average molecular weight is 336 g/mol. The minimum atomic E-state index is -1.38. The summed E-state index contributed by atoms with van der Waals surface area (Å²) in [5.74, 6) is -1.38. The van der Waals surface area contributed by atoms with Gasteiger partial charge in [-0.3, -0.25) is 9.78 Å². The van der Waals surface area contributed by atoms with Crippen LogP contribution in [-0.4, -0.2) is 15.5 Å². The molecule has 0 spiro atoms. The molecule has 0 bridgehead atoms. The van der Waals surface area contributed by atoms with E-state index in [1.54, 1.807) is 12.1 Å². The summed E-state index contributed by atoms with van der Waals surface area (Å²) in [6.07, 6.45) is 0. The van der Waals surface area contributed by atoms with Crippen molar-refractivity contribution in [1.29, 1.82) is 0 Å². The van der Waals surface area contributed by atoms with Gasteiger partial charge in [0, 0.05) is 5.02 Å². The molecule has 3 aromatic rings. The Morgan fingerprint density at radius 2 is 1.91 bits per heavy atom. The molecular weight excluding hydrogens is 328 g/mol. The fourth-order valence-electron chi connectivity index (χ4n) is 2.24.